The van der Waals surface area contributed by atoms with Gasteiger partial charge in [-0.3, -0.25) is 5.10 Å². The SMILES string of the molecule is CNCCNS(=O)(=O)c1c(C)n[nH]c1C. The smallest absolute Gasteiger partial charge is 0.244 e. The van der Waals surface area contributed by atoms with Crippen LogP contribution in [0.4, 0.5) is 0 Å². The maximum atomic E-state index is 11.8. The highest BCUT2D eigenvalue weighted by Crippen LogP contribution is 2.15. The average Bonchev–Trinajstić information content (AvgIpc) is 2.46. The number of likely N-dealkylation sites (N-methyl/N-ethyl adjacent to an activating group) is 1. The summed E-state index contributed by atoms with van der Waals surface area (Å²) in [4.78, 5) is 0.249. The fourth-order valence-corrected chi connectivity index (χ4v) is 2.72. The van der Waals surface area contributed by atoms with Crippen LogP contribution >= 0.6 is 0 Å². The Labute approximate surface area is 89.5 Å². The lowest BCUT2D eigenvalue weighted by Crippen LogP contribution is -2.31. The van der Waals surface area contributed by atoms with Crippen LogP contribution in [0, 0.1) is 13.8 Å². The third kappa shape index (κ3) is 2.77. The zero-order valence-electron chi connectivity index (χ0n) is 9.09. The molecule has 1 aromatic heterocycles. The van der Waals surface area contributed by atoms with E-state index in [9.17, 15) is 8.42 Å². The molecule has 0 aromatic carbocycles. The van der Waals surface area contributed by atoms with Gasteiger partial charge in [-0.1, -0.05) is 0 Å². The summed E-state index contributed by atoms with van der Waals surface area (Å²) in [5.74, 6) is 0. The highest BCUT2D eigenvalue weighted by Gasteiger charge is 2.21. The zero-order chi connectivity index (χ0) is 11.5. The van der Waals surface area contributed by atoms with Crippen molar-refractivity contribution in [2.45, 2.75) is 18.7 Å². The second kappa shape index (κ2) is 4.73. The first kappa shape index (κ1) is 12.2. The summed E-state index contributed by atoms with van der Waals surface area (Å²) in [5, 5.41) is 9.36. The first-order valence-corrected chi connectivity index (χ1v) is 6.13. The van der Waals surface area contributed by atoms with Gasteiger partial charge in [-0.05, 0) is 20.9 Å². The largest absolute Gasteiger partial charge is 0.318 e. The van der Waals surface area contributed by atoms with Crippen molar-refractivity contribution in [3.8, 4) is 0 Å². The summed E-state index contributed by atoms with van der Waals surface area (Å²) < 4.78 is 26.1. The van der Waals surface area contributed by atoms with E-state index in [0.29, 0.717) is 24.5 Å². The molecule has 1 aromatic rings. The topological polar surface area (TPSA) is 86.9 Å². The van der Waals surface area contributed by atoms with Crippen molar-refractivity contribution in [3.05, 3.63) is 11.4 Å². The number of hydrogen-bond donors (Lipinski definition) is 3. The van der Waals surface area contributed by atoms with Gasteiger partial charge in [0.15, 0.2) is 0 Å². The molecule has 86 valence electrons. The molecule has 0 radical (unpaired) electrons. The number of nitrogens with one attached hydrogen (secondary N) is 3. The third-order valence-corrected chi connectivity index (χ3v) is 3.72. The number of hydrogen-bond acceptors (Lipinski definition) is 4. The van der Waals surface area contributed by atoms with Gasteiger partial charge in [0.25, 0.3) is 0 Å². The number of aryl methyl sites for hydroxylation is 2. The summed E-state index contributed by atoms with van der Waals surface area (Å²) in [6.07, 6.45) is 0. The minimum Gasteiger partial charge on any atom is -0.318 e. The van der Waals surface area contributed by atoms with E-state index in [1.54, 1.807) is 20.9 Å². The summed E-state index contributed by atoms with van der Waals surface area (Å²) in [5.41, 5.74) is 1.05. The fraction of sp³-hybridized carbons (Fsp3) is 0.625. The van der Waals surface area contributed by atoms with Gasteiger partial charge in [-0.25, -0.2) is 13.1 Å². The molecule has 0 saturated heterocycles. The Hall–Kier alpha value is -0.920. The normalized spacial score (nSPS) is 11.9. The van der Waals surface area contributed by atoms with Crippen LogP contribution in [0.15, 0.2) is 4.90 Å². The number of aromatic nitrogens is 2. The molecule has 7 heteroatoms. The van der Waals surface area contributed by atoms with E-state index < -0.39 is 10.0 Å². The molecule has 3 N–H and O–H groups in total. The minimum atomic E-state index is -3.43. The van der Waals surface area contributed by atoms with Crippen molar-refractivity contribution < 1.29 is 8.42 Å². The standard InChI is InChI=1S/C8H16N4O2S/c1-6-8(7(2)12-11-6)15(13,14)10-5-4-9-3/h9-10H,4-5H2,1-3H3,(H,11,12). The summed E-state index contributed by atoms with van der Waals surface area (Å²) in [6.45, 7) is 4.31. The van der Waals surface area contributed by atoms with Gasteiger partial charge in [-0.15, -0.1) is 0 Å². The first-order valence-electron chi connectivity index (χ1n) is 4.65. The van der Waals surface area contributed by atoms with E-state index in [2.05, 4.69) is 20.2 Å². The summed E-state index contributed by atoms with van der Waals surface area (Å²) >= 11 is 0. The highest BCUT2D eigenvalue weighted by atomic mass is 32.2. The van der Waals surface area contributed by atoms with Crippen LogP contribution in [-0.4, -0.2) is 38.8 Å². The molecule has 0 aliphatic carbocycles. The molecule has 0 bridgehead atoms. The first-order chi connectivity index (χ1) is 6.99. The van der Waals surface area contributed by atoms with Gasteiger partial charge in [0.05, 0.1) is 11.4 Å². The average molecular weight is 232 g/mol. The molecule has 0 aliphatic heterocycles. The van der Waals surface area contributed by atoms with Crippen LogP contribution in [0.5, 0.6) is 0 Å². The lowest BCUT2D eigenvalue weighted by atomic mass is 10.4. The molecule has 0 fully saturated rings. The molecule has 0 aliphatic rings. The van der Waals surface area contributed by atoms with Crippen LogP contribution in [0.3, 0.4) is 0 Å². The molecule has 0 saturated carbocycles. The van der Waals surface area contributed by atoms with Crippen LogP contribution in [0.1, 0.15) is 11.4 Å². The quantitative estimate of drug-likeness (QED) is 0.599. The van der Waals surface area contributed by atoms with E-state index in [0.717, 1.165) is 0 Å². The van der Waals surface area contributed by atoms with Gasteiger partial charge in [0, 0.05) is 13.1 Å². The Bertz CT molecular complexity index is 404. The predicted molar refractivity (Wildman–Crippen MR) is 57.2 cm³/mol. The van der Waals surface area contributed by atoms with E-state index in [1.165, 1.54) is 0 Å². The lowest BCUT2D eigenvalue weighted by Gasteiger charge is -2.05. The van der Waals surface area contributed by atoms with Crippen molar-refractivity contribution in [1.82, 2.24) is 20.2 Å². The molecular formula is C8H16N4O2S. The second-order valence-corrected chi connectivity index (χ2v) is 4.97. The van der Waals surface area contributed by atoms with Crippen LogP contribution in [0.2, 0.25) is 0 Å². The van der Waals surface area contributed by atoms with E-state index in [4.69, 9.17) is 0 Å². The van der Waals surface area contributed by atoms with Crippen molar-refractivity contribution in [2.75, 3.05) is 20.1 Å². The Morgan fingerprint density at radius 2 is 2.00 bits per heavy atom. The Morgan fingerprint density at radius 1 is 1.33 bits per heavy atom. The Morgan fingerprint density at radius 3 is 2.47 bits per heavy atom. The molecule has 1 rings (SSSR count). The Kier molecular flexibility index (Phi) is 3.83. The molecule has 6 nitrogen and oxygen atoms in total. The van der Waals surface area contributed by atoms with Gasteiger partial charge in [-0.2, -0.15) is 5.10 Å². The zero-order valence-corrected chi connectivity index (χ0v) is 9.90. The minimum absolute atomic E-state index is 0.249. The van der Waals surface area contributed by atoms with Crippen molar-refractivity contribution in [1.29, 1.82) is 0 Å². The number of nitrogens with zero attached hydrogens (tertiary/aromatic N) is 1. The number of aromatic amines is 1. The van der Waals surface area contributed by atoms with Gasteiger partial charge in [0.1, 0.15) is 4.90 Å². The second-order valence-electron chi connectivity index (χ2n) is 3.26. The number of H-pyrrole nitrogens is 1. The van der Waals surface area contributed by atoms with E-state index >= 15 is 0 Å². The summed E-state index contributed by atoms with van der Waals surface area (Å²) in [6, 6.07) is 0. The molecular weight excluding hydrogens is 216 g/mol. The Balaban J connectivity index is 2.87. The van der Waals surface area contributed by atoms with Gasteiger partial charge in [0.2, 0.25) is 10.0 Å². The molecule has 0 unspecified atom stereocenters. The van der Waals surface area contributed by atoms with Crippen LogP contribution < -0.4 is 10.0 Å². The van der Waals surface area contributed by atoms with Crippen molar-refractivity contribution in [2.24, 2.45) is 0 Å². The maximum absolute atomic E-state index is 11.8. The third-order valence-electron chi connectivity index (χ3n) is 2.00. The predicted octanol–water partition coefficient (Wildman–Crippen LogP) is -0.476. The number of rotatable bonds is 5. The van der Waals surface area contributed by atoms with Crippen molar-refractivity contribution in [3.63, 3.8) is 0 Å². The fourth-order valence-electron chi connectivity index (χ4n) is 1.32. The van der Waals surface area contributed by atoms with Crippen LogP contribution in [0.25, 0.3) is 0 Å². The highest BCUT2D eigenvalue weighted by molar-refractivity contribution is 7.89. The van der Waals surface area contributed by atoms with Gasteiger partial charge >= 0.3 is 0 Å². The number of sulfonamides is 1. The van der Waals surface area contributed by atoms with Crippen molar-refractivity contribution >= 4 is 10.0 Å². The van der Waals surface area contributed by atoms with Crippen LogP contribution in [-0.2, 0) is 10.0 Å². The monoisotopic (exact) mass is 232 g/mol. The molecule has 0 atom stereocenters. The van der Waals surface area contributed by atoms with Gasteiger partial charge < -0.3 is 5.32 Å². The van der Waals surface area contributed by atoms with E-state index in [1.807, 2.05) is 0 Å². The molecule has 15 heavy (non-hydrogen) atoms. The lowest BCUT2D eigenvalue weighted by molar-refractivity contribution is 0.578. The summed E-state index contributed by atoms with van der Waals surface area (Å²) in [7, 11) is -1.67. The van der Waals surface area contributed by atoms with E-state index in [-0.39, 0.29) is 4.90 Å². The molecule has 0 spiro atoms. The molecule has 1 heterocycles. The molecule has 0 amide bonds. The maximum Gasteiger partial charge on any atom is 0.244 e.